The SMILES string of the molecule is Cc1ccccc1CN1CCC(NC(=O)NCc2ccc(OC3CCCC3)cc2)CC1. The normalized spacial score (nSPS) is 18.1. The highest BCUT2D eigenvalue weighted by atomic mass is 16.5. The summed E-state index contributed by atoms with van der Waals surface area (Å²) in [5, 5.41) is 6.14. The number of aryl methyl sites for hydroxylation is 1. The van der Waals surface area contributed by atoms with Gasteiger partial charge in [0.05, 0.1) is 6.10 Å². The lowest BCUT2D eigenvalue weighted by molar-refractivity contribution is 0.186. The molecule has 1 heterocycles. The Balaban J connectivity index is 1.15. The van der Waals surface area contributed by atoms with Crippen molar-refractivity contribution in [2.24, 2.45) is 0 Å². The Labute approximate surface area is 186 Å². The van der Waals surface area contributed by atoms with Gasteiger partial charge in [-0.25, -0.2) is 4.79 Å². The Hall–Kier alpha value is -2.53. The van der Waals surface area contributed by atoms with Crippen molar-refractivity contribution in [3.05, 3.63) is 65.2 Å². The van der Waals surface area contributed by atoms with Crippen LogP contribution in [0.2, 0.25) is 0 Å². The number of ether oxygens (including phenoxy) is 1. The van der Waals surface area contributed by atoms with E-state index >= 15 is 0 Å². The Kier molecular flexibility index (Phi) is 7.47. The van der Waals surface area contributed by atoms with E-state index in [-0.39, 0.29) is 12.1 Å². The first-order valence-electron chi connectivity index (χ1n) is 11.7. The highest BCUT2D eigenvalue weighted by Crippen LogP contribution is 2.24. The molecule has 1 aliphatic carbocycles. The fourth-order valence-electron chi connectivity index (χ4n) is 4.57. The van der Waals surface area contributed by atoms with Crippen LogP contribution in [0.3, 0.4) is 0 Å². The third-order valence-electron chi connectivity index (χ3n) is 6.56. The standard InChI is InChI=1S/C26H35N3O2/c1-20-6-2-3-7-22(20)19-29-16-14-23(15-17-29)28-26(30)27-18-21-10-12-25(13-11-21)31-24-8-4-5-9-24/h2-3,6-7,10-13,23-24H,4-5,8-9,14-19H2,1H3,(H2,27,28,30). The van der Waals surface area contributed by atoms with E-state index in [1.807, 2.05) is 24.3 Å². The molecule has 2 aromatic rings. The van der Waals surface area contributed by atoms with Crippen LogP contribution in [0.25, 0.3) is 0 Å². The van der Waals surface area contributed by atoms with E-state index in [4.69, 9.17) is 4.74 Å². The van der Waals surface area contributed by atoms with Crippen molar-refractivity contribution in [2.45, 2.75) is 70.7 Å². The maximum Gasteiger partial charge on any atom is 0.315 e. The summed E-state index contributed by atoms with van der Waals surface area (Å²) >= 11 is 0. The Morgan fingerprint density at radius 2 is 1.71 bits per heavy atom. The van der Waals surface area contributed by atoms with Crippen LogP contribution >= 0.6 is 0 Å². The minimum Gasteiger partial charge on any atom is -0.490 e. The lowest BCUT2D eigenvalue weighted by atomic mass is 10.0. The highest BCUT2D eigenvalue weighted by Gasteiger charge is 2.21. The van der Waals surface area contributed by atoms with Crippen molar-refractivity contribution < 1.29 is 9.53 Å². The van der Waals surface area contributed by atoms with Gasteiger partial charge in [0.1, 0.15) is 5.75 Å². The molecule has 0 aromatic heterocycles. The van der Waals surface area contributed by atoms with Crippen molar-refractivity contribution in [3.63, 3.8) is 0 Å². The van der Waals surface area contributed by atoms with Gasteiger partial charge in [0, 0.05) is 32.2 Å². The van der Waals surface area contributed by atoms with E-state index in [2.05, 4.69) is 46.7 Å². The number of piperidine rings is 1. The number of nitrogens with one attached hydrogen (secondary N) is 2. The zero-order chi connectivity index (χ0) is 21.5. The van der Waals surface area contributed by atoms with Crippen molar-refractivity contribution in [2.75, 3.05) is 13.1 Å². The van der Waals surface area contributed by atoms with E-state index in [0.29, 0.717) is 12.6 Å². The summed E-state index contributed by atoms with van der Waals surface area (Å²) < 4.78 is 6.01. The fraction of sp³-hybridized carbons (Fsp3) is 0.500. The molecule has 166 valence electrons. The number of amides is 2. The zero-order valence-electron chi connectivity index (χ0n) is 18.6. The van der Waals surface area contributed by atoms with Gasteiger partial charge in [-0.05, 0) is 74.3 Å². The summed E-state index contributed by atoms with van der Waals surface area (Å²) in [6.45, 7) is 5.72. The number of likely N-dealkylation sites (tertiary alicyclic amines) is 1. The van der Waals surface area contributed by atoms with Gasteiger partial charge in [0.15, 0.2) is 0 Å². The van der Waals surface area contributed by atoms with Gasteiger partial charge >= 0.3 is 6.03 Å². The van der Waals surface area contributed by atoms with E-state index in [9.17, 15) is 4.79 Å². The quantitative estimate of drug-likeness (QED) is 0.676. The van der Waals surface area contributed by atoms with E-state index in [1.165, 1.54) is 24.0 Å². The Morgan fingerprint density at radius 3 is 2.42 bits per heavy atom. The summed E-state index contributed by atoms with van der Waals surface area (Å²) in [7, 11) is 0. The number of hydrogen-bond donors (Lipinski definition) is 2. The number of rotatable bonds is 7. The molecule has 0 spiro atoms. The molecule has 4 rings (SSSR count). The maximum absolute atomic E-state index is 12.3. The number of urea groups is 1. The molecule has 0 radical (unpaired) electrons. The van der Waals surface area contributed by atoms with Crippen LogP contribution in [-0.2, 0) is 13.1 Å². The number of carbonyl (C=O) groups excluding carboxylic acids is 1. The molecular weight excluding hydrogens is 386 g/mol. The smallest absolute Gasteiger partial charge is 0.315 e. The molecule has 1 saturated carbocycles. The summed E-state index contributed by atoms with van der Waals surface area (Å²) in [6.07, 6.45) is 7.22. The Bertz CT molecular complexity index is 838. The average molecular weight is 422 g/mol. The predicted octanol–water partition coefficient (Wildman–Crippen LogP) is 4.78. The minimum absolute atomic E-state index is 0.0800. The van der Waals surface area contributed by atoms with Gasteiger partial charge in [0.25, 0.3) is 0 Å². The van der Waals surface area contributed by atoms with Gasteiger partial charge in [-0.1, -0.05) is 36.4 Å². The molecule has 5 heteroatoms. The molecule has 1 aliphatic heterocycles. The summed E-state index contributed by atoms with van der Waals surface area (Å²) in [5.41, 5.74) is 3.83. The van der Waals surface area contributed by atoms with Crippen molar-refractivity contribution in [3.8, 4) is 5.75 Å². The first kappa shape index (κ1) is 21.7. The number of nitrogens with zero attached hydrogens (tertiary/aromatic N) is 1. The molecule has 31 heavy (non-hydrogen) atoms. The predicted molar refractivity (Wildman–Crippen MR) is 124 cm³/mol. The van der Waals surface area contributed by atoms with Crippen molar-refractivity contribution in [1.82, 2.24) is 15.5 Å². The van der Waals surface area contributed by atoms with Crippen LogP contribution in [0.15, 0.2) is 48.5 Å². The van der Waals surface area contributed by atoms with Crippen LogP contribution in [0.4, 0.5) is 4.79 Å². The number of carbonyl (C=O) groups is 1. The van der Waals surface area contributed by atoms with Crippen LogP contribution in [-0.4, -0.2) is 36.2 Å². The fourth-order valence-corrected chi connectivity index (χ4v) is 4.57. The minimum atomic E-state index is -0.0800. The summed E-state index contributed by atoms with van der Waals surface area (Å²) in [6, 6.07) is 16.8. The molecule has 0 bridgehead atoms. The second kappa shape index (κ2) is 10.7. The van der Waals surface area contributed by atoms with Gasteiger partial charge in [-0.2, -0.15) is 0 Å². The molecule has 1 saturated heterocycles. The second-order valence-corrected chi connectivity index (χ2v) is 8.97. The second-order valence-electron chi connectivity index (χ2n) is 8.97. The number of hydrogen-bond acceptors (Lipinski definition) is 3. The molecule has 2 fully saturated rings. The van der Waals surface area contributed by atoms with Gasteiger partial charge < -0.3 is 15.4 Å². The van der Waals surface area contributed by atoms with Crippen molar-refractivity contribution in [1.29, 1.82) is 0 Å². The zero-order valence-corrected chi connectivity index (χ0v) is 18.6. The van der Waals surface area contributed by atoms with Gasteiger partial charge in [-0.3, -0.25) is 4.90 Å². The van der Waals surface area contributed by atoms with Crippen LogP contribution < -0.4 is 15.4 Å². The third kappa shape index (κ3) is 6.47. The van der Waals surface area contributed by atoms with E-state index in [1.54, 1.807) is 0 Å². The molecule has 2 amide bonds. The Morgan fingerprint density at radius 1 is 1.00 bits per heavy atom. The van der Waals surface area contributed by atoms with Crippen LogP contribution in [0.1, 0.15) is 55.2 Å². The van der Waals surface area contributed by atoms with Crippen LogP contribution in [0, 0.1) is 6.92 Å². The lowest BCUT2D eigenvalue weighted by Gasteiger charge is -2.32. The monoisotopic (exact) mass is 421 g/mol. The number of benzene rings is 2. The molecular formula is C26H35N3O2. The molecule has 2 aliphatic rings. The van der Waals surface area contributed by atoms with E-state index < -0.39 is 0 Å². The van der Waals surface area contributed by atoms with Crippen molar-refractivity contribution >= 4 is 6.03 Å². The summed E-state index contributed by atoms with van der Waals surface area (Å²) in [5.74, 6) is 0.928. The van der Waals surface area contributed by atoms with Gasteiger partial charge in [0.2, 0.25) is 0 Å². The van der Waals surface area contributed by atoms with Gasteiger partial charge in [-0.15, -0.1) is 0 Å². The van der Waals surface area contributed by atoms with E-state index in [0.717, 1.165) is 56.6 Å². The third-order valence-corrected chi connectivity index (χ3v) is 6.56. The topological polar surface area (TPSA) is 53.6 Å². The molecule has 0 unspecified atom stereocenters. The molecule has 2 N–H and O–H groups in total. The first-order chi connectivity index (χ1) is 15.2. The first-order valence-corrected chi connectivity index (χ1v) is 11.7. The average Bonchev–Trinajstić information content (AvgIpc) is 3.29. The highest BCUT2D eigenvalue weighted by molar-refractivity contribution is 5.74. The maximum atomic E-state index is 12.3. The molecule has 0 atom stereocenters. The summed E-state index contributed by atoms with van der Waals surface area (Å²) in [4.78, 5) is 14.8. The largest absolute Gasteiger partial charge is 0.490 e. The van der Waals surface area contributed by atoms with Crippen LogP contribution in [0.5, 0.6) is 5.75 Å². The molecule has 2 aromatic carbocycles. The molecule has 5 nitrogen and oxygen atoms in total. The lowest BCUT2D eigenvalue weighted by Crippen LogP contribution is -2.47.